The van der Waals surface area contributed by atoms with Gasteiger partial charge in [-0.25, -0.2) is 13.1 Å². The van der Waals surface area contributed by atoms with Crippen molar-refractivity contribution in [2.45, 2.75) is 30.9 Å². The summed E-state index contributed by atoms with van der Waals surface area (Å²) < 4.78 is 26.9. The minimum atomic E-state index is -3.32. The van der Waals surface area contributed by atoms with Crippen LogP contribution in [0.2, 0.25) is 0 Å². The number of nitrogens with zero attached hydrogens (tertiary/aromatic N) is 1. The topological polar surface area (TPSA) is 66.5 Å². The lowest BCUT2D eigenvalue weighted by Gasteiger charge is -2.17. The molecule has 1 aliphatic carbocycles. The van der Waals surface area contributed by atoms with Gasteiger partial charge in [-0.15, -0.1) is 0 Å². The van der Waals surface area contributed by atoms with Crippen molar-refractivity contribution in [2.24, 2.45) is 5.92 Å². The van der Waals surface area contributed by atoms with Crippen LogP contribution in [0.5, 0.6) is 0 Å². The number of carbonyl (C=O) groups is 1. The minimum Gasteiger partial charge on any atom is -0.341 e. The van der Waals surface area contributed by atoms with E-state index in [1.165, 1.54) is 16.3 Å². The molecule has 6 heteroatoms. The van der Waals surface area contributed by atoms with Gasteiger partial charge in [-0.1, -0.05) is 49.4 Å². The van der Waals surface area contributed by atoms with Crippen molar-refractivity contribution >= 4 is 26.7 Å². The standard InChI is InChI=1S/C20H24N2O3S/c1-2-21-26(24,25)15-10-11-22(13-15)20(23)19-12-18(19)17-9-5-7-14-6-3-4-8-16(14)17/h3-9,15,18-19,21H,2,10-13H2,1H3/t15-,18+,19-/m1/s1. The first kappa shape index (κ1) is 17.5. The first-order chi connectivity index (χ1) is 12.5. The van der Waals surface area contributed by atoms with Crippen LogP contribution in [-0.4, -0.2) is 44.1 Å². The summed E-state index contributed by atoms with van der Waals surface area (Å²) in [7, 11) is -3.32. The third-order valence-electron chi connectivity index (χ3n) is 5.57. The Morgan fingerprint density at radius 1 is 1.19 bits per heavy atom. The maximum Gasteiger partial charge on any atom is 0.226 e. The molecule has 1 heterocycles. The van der Waals surface area contributed by atoms with E-state index in [0.717, 1.165) is 6.42 Å². The average molecular weight is 372 g/mol. The van der Waals surface area contributed by atoms with Crippen LogP contribution in [0.15, 0.2) is 42.5 Å². The van der Waals surface area contributed by atoms with Gasteiger partial charge in [0.2, 0.25) is 15.9 Å². The molecule has 5 nitrogen and oxygen atoms in total. The quantitative estimate of drug-likeness (QED) is 0.877. The Hall–Kier alpha value is -1.92. The number of fused-ring (bicyclic) bond motifs is 1. The van der Waals surface area contributed by atoms with Crippen molar-refractivity contribution in [1.29, 1.82) is 0 Å². The van der Waals surface area contributed by atoms with Crippen LogP contribution in [0, 0.1) is 5.92 Å². The number of hydrogen-bond acceptors (Lipinski definition) is 3. The Bertz CT molecular complexity index is 936. The average Bonchev–Trinajstić information content (AvgIpc) is 3.26. The van der Waals surface area contributed by atoms with Crippen molar-refractivity contribution in [3.63, 3.8) is 0 Å². The minimum absolute atomic E-state index is 0.0126. The highest BCUT2D eigenvalue weighted by molar-refractivity contribution is 7.90. The Balaban J connectivity index is 1.46. The van der Waals surface area contributed by atoms with Gasteiger partial charge in [-0.2, -0.15) is 0 Å². The van der Waals surface area contributed by atoms with Gasteiger partial charge in [0.1, 0.15) is 0 Å². The molecule has 26 heavy (non-hydrogen) atoms. The van der Waals surface area contributed by atoms with Crippen molar-refractivity contribution in [3.8, 4) is 0 Å². The fourth-order valence-electron chi connectivity index (χ4n) is 4.12. The maximum atomic E-state index is 12.9. The summed E-state index contributed by atoms with van der Waals surface area (Å²) in [4.78, 5) is 14.6. The van der Waals surface area contributed by atoms with E-state index >= 15 is 0 Å². The van der Waals surface area contributed by atoms with E-state index in [1.807, 2.05) is 18.2 Å². The summed E-state index contributed by atoms with van der Waals surface area (Å²) in [5, 5.41) is 1.92. The van der Waals surface area contributed by atoms with Gasteiger partial charge in [0.15, 0.2) is 0 Å². The Morgan fingerprint density at radius 3 is 2.77 bits per heavy atom. The molecule has 2 aromatic carbocycles. The number of nitrogens with one attached hydrogen (secondary N) is 1. The number of carbonyl (C=O) groups excluding carboxylic acids is 1. The van der Waals surface area contributed by atoms with E-state index in [4.69, 9.17) is 0 Å². The molecule has 2 aromatic rings. The smallest absolute Gasteiger partial charge is 0.226 e. The van der Waals surface area contributed by atoms with Gasteiger partial charge < -0.3 is 4.90 Å². The molecular weight excluding hydrogens is 348 g/mol. The lowest BCUT2D eigenvalue weighted by Crippen LogP contribution is -2.38. The van der Waals surface area contributed by atoms with Crippen LogP contribution in [0.4, 0.5) is 0 Å². The zero-order chi connectivity index (χ0) is 18.3. The summed E-state index contributed by atoms with van der Waals surface area (Å²) in [6, 6.07) is 14.5. The molecule has 2 fully saturated rings. The number of benzene rings is 2. The van der Waals surface area contributed by atoms with Crippen LogP contribution in [0.3, 0.4) is 0 Å². The highest BCUT2D eigenvalue weighted by atomic mass is 32.2. The first-order valence-corrected chi connectivity index (χ1v) is 10.8. The van der Waals surface area contributed by atoms with E-state index in [9.17, 15) is 13.2 Å². The van der Waals surface area contributed by atoms with Crippen LogP contribution in [-0.2, 0) is 14.8 Å². The molecule has 1 aliphatic heterocycles. The van der Waals surface area contributed by atoms with Crippen molar-refractivity contribution in [1.82, 2.24) is 9.62 Å². The van der Waals surface area contributed by atoms with Gasteiger partial charge >= 0.3 is 0 Å². The molecule has 1 amide bonds. The molecule has 0 unspecified atom stereocenters. The SMILES string of the molecule is CCNS(=O)(=O)[C@@H]1CCN(C(=O)[C@@H]2C[C@H]2c2cccc3ccccc23)C1. The van der Waals surface area contributed by atoms with Gasteiger partial charge in [-0.3, -0.25) is 4.79 Å². The third-order valence-corrected chi connectivity index (χ3v) is 7.52. The lowest BCUT2D eigenvalue weighted by molar-refractivity contribution is -0.131. The van der Waals surface area contributed by atoms with Crippen LogP contribution in [0.25, 0.3) is 10.8 Å². The molecule has 0 spiro atoms. The highest BCUT2D eigenvalue weighted by Crippen LogP contribution is 2.50. The Morgan fingerprint density at radius 2 is 1.96 bits per heavy atom. The van der Waals surface area contributed by atoms with Crippen LogP contribution >= 0.6 is 0 Å². The van der Waals surface area contributed by atoms with E-state index in [-0.39, 0.29) is 17.7 Å². The monoisotopic (exact) mass is 372 g/mol. The molecule has 2 aliphatic rings. The second kappa shape index (κ2) is 6.67. The fourth-order valence-corrected chi connectivity index (χ4v) is 5.55. The van der Waals surface area contributed by atoms with Gasteiger partial charge in [0.05, 0.1) is 5.25 Å². The molecule has 0 bridgehead atoms. The Kier molecular flexibility index (Phi) is 4.49. The maximum absolute atomic E-state index is 12.9. The second-order valence-corrected chi connectivity index (χ2v) is 9.30. The van der Waals surface area contributed by atoms with Crippen molar-refractivity contribution in [3.05, 3.63) is 48.0 Å². The van der Waals surface area contributed by atoms with E-state index < -0.39 is 15.3 Å². The third kappa shape index (κ3) is 3.12. The summed E-state index contributed by atoms with van der Waals surface area (Å²) >= 11 is 0. The predicted octanol–water partition coefficient (Wildman–Crippen LogP) is 2.48. The Labute approximate surface area is 154 Å². The highest BCUT2D eigenvalue weighted by Gasteiger charge is 2.48. The van der Waals surface area contributed by atoms with Crippen LogP contribution in [0.1, 0.15) is 31.2 Å². The normalized spacial score (nSPS) is 25.6. The molecule has 1 saturated carbocycles. The predicted molar refractivity (Wildman–Crippen MR) is 102 cm³/mol. The zero-order valence-corrected chi connectivity index (χ0v) is 15.7. The van der Waals surface area contributed by atoms with E-state index in [2.05, 4.69) is 29.0 Å². The van der Waals surface area contributed by atoms with Gasteiger partial charge in [-0.05, 0) is 35.1 Å². The molecule has 1 N–H and O–H groups in total. The molecule has 0 radical (unpaired) electrons. The first-order valence-electron chi connectivity index (χ1n) is 9.26. The lowest BCUT2D eigenvalue weighted by atomic mass is 10.00. The summed E-state index contributed by atoms with van der Waals surface area (Å²) in [6.07, 6.45) is 1.38. The zero-order valence-electron chi connectivity index (χ0n) is 14.9. The van der Waals surface area contributed by atoms with E-state index in [0.29, 0.717) is 26.1 Å². The molecule has 1 saturated heterocycles. The number of hydrogen-bond donors (Lipinski definition) is 1. The molecule has 4 rings (SSSR count). The number of rotatable bonds is 5. The fraction of sp³-hybridized carbons (Fsp3) is 0.450. The molecular formula is C20H24N2O3S. The van der Waals surface area contributed by atoms with E-state index in [1.54, 1.807) is 11.8 Å². The number of likely N-dealkylation sites (tertiary alicyclic amines) is 1. The number of sulfonamides is 1. The summed E-state index contributed by atoms with van der Waals surface area (Å²) in [5.74, 6) is 0.344. The summed E-state index contributed by atoms with van der Waals surface area (Å²) in [6.45, 7) is 3.01. The number of amides is 1. The molecule has 3 atom stereocenters. The largest absolute Gasteiger partial charge is 0.341 e. The van der Waals surface area contributed by atoms with Crippen molar-refractivity contribution in [2.75, 3.05) is 19.6 Å². The van der Waals surface area contributed by atoms with Gasteiger partial charge in [0.25, 0.3) is 0 Å². The summed E-state index contributed by atoms with van der Waals surface area (Å²) in [5.41, 5.74) is 1.23. The second-order valence-electron chi connectivity index (χ2n) is 7.25. The molecule has 138 valence electrons. The van der Waals surface area contributed by atoms with Crippen molar-refractivity contribution < 1.29 is 13.2 Å². The van der Waals surface area contributed by atoms with Crippen LogP contribution < -0.4 is 4.72 Å². The van der Waals surface area contributed by atoms with Gasteiger partial charge in [0, 0.05) is 25.6 Å². The molecule has 0 aromatic heterocycles.